The van der Waals surface area contributed by atoms with Gasteiger partial charge in [-0.25, -0.2) is 18.4 Å². The van der Waals surface area contributed by atoms with Gasteiger partial charge < -0.3 is 4.74 Å². The molecule has 2 aromatic rings. The average Bonchev–Trinajstić information content (AvgIpc) is 2.62. The molecule has 144 valence electrons. The normalized spacial score (nSPS) is 11.4. The van der Waals surface area contributed by atoms with Gasteiger partial charge in [-0.3, -0.25) is 9.59 Å². The van der Waals surface area contributed by atoms with E-state index in [1.54, 1.807) is 13.0 Å². The number of nitrogens with zero attached hydrogens (tertiary/aromatic N) is 3. The van der Waals surface area contributed by atoms with E-state index in [-0.39, 0.29) is 27.9 Å². The number of esters is 1. The quantitative estimate of drug-likeness (QED) is 0.387. The lowest BCUT2D eigenvalue weighted by Crippen LogP contribution is -2.32. The lowest BCUT2D eigenvalue weighted by Gasteiger charge is -2.17. The van der Waals surface area contributed by atoms with E-state index in [1.165, 1.54) is 38.7 Å². The van der Waals surface area contributed by atoms with Crippen molar-refractivity contribution < 1.29 is 22.7 Å². The van der Waals surface area contributed by atoms with Crippen LogP contribution in [0.3, 0.4) is 0 Å². The van der Waals surface area contributed by atoms with Gasteiger partial charge in [0.1, 0.15) is 23.7 Å². The third-order valence-corrected chi connectivity index (χ3v) is 5.88. The van der Waals surface area contributed by atoms with Crippen LogP contribution < -0.4 is 0 Å². The van der Waals surface area contributed by atoms with Crippen molar-refractivity contribution in [3.63, 3.8) is 0 Å². The predicted octanol–water partition coefficient (Wildman–Crippen LogP) is 1.66. The van der Waals surface area contributed by atoms with Crippen LogP contribution in [0.1, 0.15) is 21.6 Å². The van der Waals surface area contributed by atoms with Crippen LogP contribution in [0.4, 0.5) is 0 Å². The Bertz CT molecular complexity index is 978. The number of halogens is 1. The Morgan fingerprint density at radius 1 is 1.22 bits per heavy atom. The summed E-state index contributed by atoms with van der Waals surface area (Å²) in [6.07, 6.45) is 1.24. The molecule has 0 saturated heterocycles. The molecule has 0 aliphatic rings. The third kappa shape index (κ3) is 5.09. The molecule has 0 unspecified atom stereocenters. The van der Waals surface area contributed by atoms with Gasteiger partial charge in [0.25, 0.3) is 0 Å². The Kier molecular flexibility index (Phi) is 6.63. The minimum absolute atomic E-state index is 0.0210. The van der Waals surface area contributed by atoms with E-state index in [4.69, 9.17) is 11.6 Å². The number of Topliss-reactive ketones (excluding diaryl/α,β-unsaturated/α-hetero) is 1. The number of rotatable bonds is 7. The zero-order valence-corrected chi connectivity index (χ0v) is 16.5. The molecule has 8 nitrogen and oxygen atoms in total. The van der Waals surface area contributed by atoms with E-state index >= 15 is 0 Å². The Balaban J connectivity index is 2.22. The lowest BCUT2D eigenvalue weighted by molar-refractivity contribution is -0.140. The van der Waals surface area contributed by atoms with Crippen LogP contribution >= 0.6 is 11.6 Å². The molecule has 27 heavy (non-hydrogen) atoms. The van der Waals surface area contributed by atoms with Crippen LogP contribution in [-0.4, -0.2) is 55.1 Å². The Morgan fingerprint density at radius 2 is 1.93 bits per heavy atom. The number of likely N-dealkylation sites (N-methyl/N-ethyl adjacent to an activating group) is 1. The number of ketones is 1. The second-order valence-electron chi connectivity index (χ2n) is 5.75. The van der Waals surface area contributed by atoms with Crippen molar-refractivity contribution >= 4 is 33.4 Å². The topological polar surface area (TPSA) is 107 Å². The number of hydrogen-bond donors (Lipinski definition) is 0. The second kappa shape index (κ2) is 8.55. The molecule has 0 radical (unpaired) electrons. The molecule has 0 amide bonds. The number of aromatic nitrogens is 2. The molecule has 1 aromatic carbocycles. The van der Waals surface area contributed by atoms with E-state index < -0.39 is 22.5 Å². The maximum Gasteiger partial charge on any atom is 0.321 e. The molecule has 0 aliphatic heterocycles. The smallest absolute Gasteiger partial charge is 0.321 e. The fourth-order valence-electron chi connectivity index (χ4n) is 2.29. The van der Waals surface area contributed by atoms with Gasteiger partial charge >= 0.3 is 5.97 Å². The van der Waals surface area contributed by atoms with Gasteiger partial charge in [0.15, 0.2) is 5.78 Å². The van der Waals surface area contributed by atoms with Crippen LogP contribution in [0.5, 0.6) is 0 Å². The van der Waals surface area contributed by atoms with Crippen LogP contribution in [0, 0.1) is 6.92 Å². The first-order chi connectivity index (χ1) is 12.6. The molecule has 2 rings (SSSR count). The van der Waals surface area contributed by atoms with Gasteiger partial charge in [0.2, 0.25) is 10.0 Å². The van der Waals surface area contributed by atoms with E-state index in [0.29, 0.717) is 11.1 Å². The highest BCUT2D eigenvalue weighted by molar-refractivity contribution is 7.89. The Hall–Kier alpha value is -2.36. The first-order valence-electron chi connectivity index (χ1n) is 7.78. The maximum absolute atomic E-state index is 12.5. The van der Waals surface area contributed by atoms with E-state index in [2.05, 4.69) is 14.7 Å². The molecule has 0 fully saturated rings. The van der Waals surface area contributed by atoms with Crippen molar-refractivity contribution in [2.24, 2.45) is 0 Å². The molecule has 10 heteroatoms. The highest BCUT2D eigenvalue weighted by Gasteiger charge is 2.24. The van der Waals surface area contributed by atoms with Gasteiger partial charge in [0, 0.05) is 19.5 Å². The van der Waals surface area contributed by atoms with Crippen LogP contribution in [0.15, 0.2) is 35.5 Å². The number of methoxy groups -OCH3 is 1. The SMILES string of the molecule is COC(=O)CN(C)S(=O)(=O)c1ccc(CC(=O)c2cc(Cl)ncn2)c(C)c1. The Labute approximate surface area is 162 Å². The summed E-state index contributed by atoms with van der Waals surface area (Å²) in [4.78, 5) is 31.3. The second-order valence-corrected chi connectivity index (χ2v) is 8.18. The minimum atomic E-state index is -3.86. The first kappa shape index (κ1) is 20.9. The number of benzene rings is 1. The van der Waals surface area contributed by atoms with Crippen molar-refractivity contribution in [2.75, 3.05) is 20.7 Å². The molecule has 0 N–H and O–H groups in total. The summed E-state index contributed by atoms with van der Waals surface area (Å²) in [5.74, 6) is -0.927. The summed E-state index contributed by atoms with van der Waals surface area (Å²) in [5.41, 5.74) is 1.46. The van der Waals surface area contributed by atoms with Gasteiger partial charge in [0.05, 0.1) is 12.0 Å². The minimum Gasteiger partial charge on any atom is -0.468 e. The zero-order valence-electron chi connectivity index (χ0n) is 15.0. The van der Waals surface area contributed by atoms with Crippen LogP contribution in [-0.2, 0) is 26.0 Å². The summed E-state index contributed by atoms with van der Waals surface area (Å²) in [6, 6.07) is 5.79. The summed E-state index contributed by atoms with van der Waals surface area (Å²) in [7, 11) is -1.39. The number of carbonyl (C=O) groups excluding carboxylic acids is 2. The van der Waals surface area contributed by atoms with Gasteiger partial charge in [-0.15, -0.1) is 0 Å². The standard InChI is InChI=1S/C17H18ClN3O5S/c1-11-6-13(27(24,25)21(2)9-17(23)26-3)5-4-12(11)7-15(22)14-8-16(18)20-10-19-14/h4-6,8,10H,7,9H2,1-3H3. The van der Waals surface area contributed by atoms with Crippen molar-refractivity contribution in [1.29, 1.82) is 0 Å². The van der Waals surface area contributed by atoms with Gasteiger partial charge in [-0.05, 0) is 30.2 Å². The molecular formula is C17H18ClN3O5S. The fourth-order valence-corrected chi connectivity index (χ4v) is 3.64. The van der Waals surface area contributed by atoms with Gasteiger partial charge in [-0.2, -0.15) is 4.31 Å². The van der Waals surface area contributed by atoms with Crippen molar-refractivity contribution in [3.05, 3.63) is 52.6 Å². The lowest BCUT2D eigenvalue weighted by atomic mass is 10.0. The molecule has 0 saturated carbocycles. The largest absolute Gasteiger partial charge is 0.468 e. The highest BCUT2D eigenvalue weighted by Crippen LogP contribution is 2.20. The molecule has 1 aromatic heterocycles. The summed E-state index contributed by atoms with van der Waals surface area (Å²) < 4.78 is 30.5. The monoisotopic (exact) mass is 411 g/mol. The number of ether oxygens (including phenoxy) is 1. The van der Waals surface area contributed by atoms with E-state index in [0.717, 1.165) is 4.31 Å². The first-order valence-corrected chi connectivity index (χ1v) is 9.60. The molecule has 0 atom stereocenters. The molecule has 0 aliphatic carbocycles. The zero-order chi connectivity index (χ0) is 20.2. The average molecular weight is 412 g/mol. The maximum atomic E-state index is 12.5. The van der Waals surface area contributed by atoms with Crippen molar-refractivity contribution in [3.8, 4) is 0 Å². The molecular weight excluding hydrogens is 394 g/mol. The molecule has 0 bridgehead atoms. The van der Waals surface area contributed by atoms with E-state index in [9.17, 15) is 18.0 Å². The Morgan fingerprint density at radius 3 is 2.52 bits per heavy atom. The van der Waals surface area contributed by atoms with Crippen LogP contribution in [0.2, 0.25) is 5.15 Å². The van der Waals surface area contributed by atoms with Gasteiger partial charge in [-0.1, -0.05) is 17.7 Å². The number of aryl methyl sites for hydroxylation is 1. The summed E-state index contributed by atoms with van der Waals surface area (Å²) in [5, 5.41) is 0.167. The highest BCUT2D eigenvalue weighted by atomic mass is 35.5. The van der Waals surface area contributed by atoms with Crippen LogP contribution in [0.25, 0.3) is 0 Å². The molecule has 1 heterocycles. The van der Waals surface area contributed by atoms with E-state index in [1.807, 2.05) is 0 Å². The summed E-state index contributed by atoms with van der Waals surface area (Å²) >= 11 is 5.76. The summed E-state index contributed by atoms with van der Waals surface area (Å²) in [6.45, 7) is 1.31. The number of sulfonamides is 1. The number of hydrogen-bond acceptors (Lipinski definition) is 7. The van der Waals surface area contributed by atoms with Crippen molar-refractivity contribution in [2.45, 2.75) is 18.2 Å². The molecule has 0 spiro atoms. The fraction of sp³-hybridized carbons (Fsp3) is 0.294. The third-order valence-electron chi connectivity index (χ3n) is 3.87. The van der Waals surface area contributed by atoms with Crippen molar-refractivity contribution in [1.82, 2.24) is 14.3 Å². The number of carbonyl (C=O) groups is 2. The predicted molar refractivity (Wildman–Crippen MR) is 98.1 cm³/mol.